The highest BCUT2D eigenvalue weighted by atomic mass is 32.1. The first-order valence-corrected chi connectivity index (χ1v) is 10.2. The fourth-order valence-electron chi connectivity index (χ4n) is 4.25. The molecular formula is C20H17N4O4S+. The van der Waals surface area contributed by atoms with E-state index < -0.39 is 16.7 Å². The molecule has 3 aromatic rings. The Morgan fingerprint density at radius 3 is 2.79 bits per heavy atom. The summed E-state index contributed by atoms with van der Waals surface area (Å²) in [5, 5.41) is 12.3. The summed E-state index contributed by atoms with van der Waals surface area (Å²) in [6.07, 6.45) is 1.90. The quantitative estimate of drug-likeness (QED) is 0.405. The van der Waals surface area contributed by atoms with Gasteiger partial charge in [0, 0.05) is 18.9 Å². The van der Waals surface area contributed by atoms with E-state index in [0.717, 1.165) is 44.4 Å². The van der Waals surface area contributed by atoms with Crippen LogP contribution in [0.1, 0.15) is 44.6 Å². The Morgan fingerprint density at radius 2 is 2.00 bits per heavy atom. The Hall–Kier alpha value is -3.17. The summed E-state index contributed by atoms with van der Waals surface area (Å²) in [5.74, 6) is -1.05. The number of benzene rings is 2. The predicted octanol–water partition coefficient (Wildman–Crippen LogP) is 2.18. The maximum Gasteiger partial charge on any atom is 0.282 e. The van der Waals surface area contributed by atoms with E-state index >= 15 is 0 Å². The number of rotatable bonds is 4. The first-order chi connectivity index (χ1) is 14.0. The van der Waals surface area contributed by atoms with Crippen LogP contribution in [-0.2, 0) is 0 Å². The van der Waals surface area contributed by atoms with Crippen molar-refractivity contribution in [2.75, 3.05) is 13.2 Å². The van der Waals surface area contributed by atoms with Gasteiger partial charge in [-0.25, -0.2) is 9.88 Å². The lowest BCUT2D eigenvalue weighted by molar-refractivity contribution is -0.925. The van der Waals surface area contributed by atoms with E-state index in [0.29, 0.717) is 0 Å². The van der Waals surface area contributed by atoms with Crippen LogP contribution in [0.4, 0.5) is 5.69 Å². The second kappa shape index (κ2) is 6.71. The summed E-state index contributed by atoms with van der Waals surface area (Å²) < 4.78 is 1.12. The zero-order valence-electron chi connectivity index (χ0n) is 15.3. The molecule has 0 spiro atoms. The molecule has 1 aromatic heterocycles. The van der Waals surface area contributed by atoms with Crippen molar-refractivity contribution in [2.24, 2.45) is 0 Å². The van der Waals surface area contributed by atoms with Crippen LogP contribution in [0, 0.1) is 10.1 Å². The Labute approximate surface area is 169 Å². The van der Waals surface area contributed by atoms with Gasteiger partial charge in [0.1, 0.15) is 11.6 Å². The molecule has 0 bridgehead atoms. The van der Waals surface area contributed by atoms with Crippen molar-refractivity contribution < 1.29 is 19.4 Å². The number of carbonyl (C=O) groups excluding carboxylic acids is 2. The number of para-hydroxylation sites is 1. The number of nitrogens with one attached hydrogen (secondary N) is 1. The third kappa shape index (κ3) is 2.81. The van der Waals surface area contributed by atoms with Crippen molar-refractivity contribution >= 4 is 39.1 Å². The molecule has 2 atom stereocenters. The normalized spacial score (nSPS) is 21.2. The van der Waals surface area contributed by atoms with Crippen LogP contribution in [0.25, 0.3) is 10.2 Å². The molecule has 1 fully saturated rings. The molecule has 1 unspecified atom stereocenters. The maximum absolute atomic E-state index is 12.9. The van der Waals surface area contributed by atoms with Gasteiger partial charge in [0.05, 0.1) is 27.2 Å². The van der Waals surface area contributed by atoms with Crippen LogP contribution in [0.15, 0.2) is 42.5 Å². The molecule has 146 valence electrons. The monoisotopic (exact) mass is 409 g/mol. The van der Waals surface area contributed by atoms with E-state index in [9.17, 15) is 19.7 Å². The van der Waals surface area contributed by atoms with Crippen LogP contribution in [0.5, 0.6) is 0 Å². The molecule has 0 radical (unpaired) electrons. The van der Waals surface area contributed by atoms with Gasteiger partial charge in [-0.15, -0.1) is 11.3 Å². The molecular weight excluding hydrogens is 392 g/mol. The number of quaternary nitrogens is 1. The number of thiazole rings is 1. The molecule has 3 heterocycles. The molecule has 9 heteroatoms. The van der Waals surface area contributed by atoms with Crippen molar-refractivity contribution in [1.29, 1.82) is 0 Å². The van der Waals surface area contributed by atoms with Crippen molar-refractivity contribution in [3.8, 4) is 0 Å². The minimum Gasteiger partial charge on any atom is -0.309 e. The Bertz CT molecular complexity index is 1140. The minimum atomic E-state index is -0.611. The number of amides is 2. The lowest BCUT2D eigenvalue weighted by Gasteiger charge is -2.24. The summed E-state index contributed by atoms with van der Waals surface area (Å²) in [6, 6.07) is 12.2. The van der Waals surface area contributed by atoms with E-state index in [1.54, 1.807) is 11.3 Å². The van der Waals surface area contributed by atoms with Gasteiger partial charge in [0.2, 0.25) is 0 Å². The maximum atomic E-state index is 12.9. The summed E-state index contributed by atoms with van der Waals surface area (Å²) >= 11 is 1.64. The van der Waals surface area contributed by atoms with Crippen molar-refractivity contribution in [2.45, 2.75) is 18.9 Å². The van der Waals surface area contributed by atoms with Gasteiger partial charge in [-0.1, -0.05) is 18.2 Å². The fourth-order valence-corrected chi connectivity index (χ4v) is 5.41. The lowest BCUT2D eigenvalue weighted by atomic mass is 10.1. The summed E-state index contributed by atoms with van der Waals surface area (Å²) in [6.45, 7) is 1.00. The predicted molar refractivity (Wildman–Crippen MR) is 106 cm³/mol. The second-order valence-electron chi connectivity index (χ2n) is 7.28. The minimum absolute atomic E-state index is 0.0994. The number of likely N-dealkylation sites (tertiary alicyclic amines) is 1. The molecule has 2 aliphatic rings. The molecule has 2 aliphatic heterocycles. The van der Waals surface area contributed by atoms with E-state index in [1.165, 1.54) is 18.2 Å². The Kier molecular flexibility index (Phi) is 4.14. The van der Waals surface area contributed by atoms with Crippen LogP contribution < -0.4 is 4.90 Å². The molecule has 0 saturated carbocycles. The second-order valence-corrected chi connectivity index (χ2v) is 8.34. The number of hydrogen-bond acceptors (Lipinski definition) is 6. The standard InChI is InChI=1S/C20H16N4O4S/c25-19-12-5-3-7-14(24(27)28)17(12)20(26)23(19)11-22-10-4-8-15(22)18-21-13-6-1-2-9-16(13)29-18/h1-3,5-7,9,15H,4,8,10-11H2/p+1/t15-/m1/s1. The van der Waals surface area contributed by atoms with E-state index in [1.807, 2.05) is 24.3 Å². The largest absolute Gasteiger partial charge is 0.309 e. The Balaban J connectivity index is 1.44. The number of nitrogens with zero attached hydrogens (tertiary/aromatic N) is 3. The molecule has 1 saturated heterocycles. The van der Waals surface area contributed by atoms with E-state index in [-0.39, 0.29) is 29.5 Å². The van der Waals surface area contributed by atoms with Crippen molar-refractivity contribution in [3.05, 3.63) is 68.7 Å². The third-order valence-corrected chi connectivity index (χ3v) is 6.78. The molecule has 5 rings (SSSR count). The number of nitro groups is 1. The van der Waals surface area contributed by atoms with Crippen LogP contribution in [-0.4, -0.2) is 39.8 Å². The molecule has 29 heavy (non-hydrogen) atoms. The van der Waals surface area contributed by atoms with Crippen LogP contribution in [0.3, 0.4) is 0 Å². The average Bonchev–Trinajstić information content (AvgIpc) is 3.41. The summed E-state index contributed by atoms with van der Waals surface area (Å²) in [4.78, 5) is 43.4. The topological polar surface area (TPSA) is 97.8 Å². The fraction of sp³-hybridized carbons (Fsp3) is 0.250. The van der Waals surface area contributed by atoms with Gasteiger partial charge in [0.15, 0.2) is 11.7 Å². The smallest absolute Gasteiger partial charge is 0.282 e. The molecule has 1 N–H and O–H groups in total. The number of imide groups is 1. The van der Waals surface area contributed by atoms with Crippen LogP contribution in [0.2, 0.25) is 0 Å². The number of fused-ring (bicyclic) bond motifs is 2. The summed E-state index contributed by atoms with van der Waals surface area (Å²) in [5.41, 5.74) is 0.648. The van der Waals surface area contributed by atoms with Gasteiger partial charge >= 0.3 is 0 Å². The zero-order valence-corrected chi connectivity index (χ0v) is 16.1. The van der Waals surface area contributed by atoms with E-state index in [4.69, 9.17) is 4.98 Å². The molecule has 2 aromatic carbocycles. The Morgan fingerprint density at radius 1 is 1.17 bits per heavy atom. The van der Waals surface area contributed by atoms with Crippen molar-refractivity contribution in [3.63, 3.8) is 0 Å². The van der Waals surface area contributed by atoms with Gasteiger partial charge < -0.3 is 4.90 Å². The number of nitro benzene ring substituents is 1. The van der Waals surface area contributed by atoms with Gasteiger partial charge in [-0.05, 0) is 18.2 Å². The highest BCUT2D eigenvalue weighted by Gasteiger charge is 2.44. The lowest BCUT2D eigenvalue weighted by Crippen LogP contribution is -3.12. The summed E-state index contributed by atoms with van der Waals surface area (Å²) in [7, 11) is 0. The number of hydrogen-bond donors (Lipinski definition) is 1. The van der Waals surface area contributed by atoms with Gasteiger partial charge in [-0.3, -0.25) is 19.7 Å². The van der Waals surface area contributed by atoms with Gasteiger partial charge in [-0.2, -0.15) is 0 Å². The van der Waals surface area contributed by atoms with Crippen molar-refractivity contribution in [1.82, 2.24) is 9.88 Å². The molecule has 8 nitrogen and oxygen atoms in total. The number of carbonyl (C=O) groups is 2. The highest BCUT2D eigenvalue weighted by Crippen LogP contribution is 2.31. The van der Waals surface area contributed by atoms with E-state index in [2.05, 4.69) is 0 Å². The van der Waals surface area contributed by atoms with Crippen LogP contribution >= 0.6 is 11.3 Å². The van der Waals surface area contributed by atoms with Gasteiger partial charge in [0.25, 0.3) is 17.5 Å². The molecule has 2 amide bonds. The first kappa shape index (κ1) is 17.9. The highest BCUT2D eigenvalue weighted by molar-refractivity contribution is 7.18. The first-order valence-electron chi connectivity index (χ1n) is 9.38. The average molecular weight is 409 g/mol. The SMILES string of the molecule is O=C1c2cccc([N+](=O)[O-])c2C(=O)N1C[NH+]1CCC[C@@H]1c1nc2ccccc2s1. The third-order valence-electron chi connectivity index (χ3n) is 5.63. The number of aromatic nitrogens is 1. The zero-order chi connectivity index (χ0) is 20.1. The molecule has 0 aliphatic carbocycles.